The zero-order valence-corrected chi connectivity index (χ0v) is 28.7. The van der Waals surface area contributed by atoms with Crippen molar-refractivity contribution in [1.29, 1.82) is 0 Å². The first-order chi connectivity index (χ1) is 21.8. The number of nitrogens with zero attached hydrogens (tertiary/aromatic N) is 2. The van der Waals surface area contributed by atoms with Gasteiger partial charge in [0.2, 0.25) is 11.8 Å². The maximum Gasteiger partial charge on any atom is 0.264 e. The van der Waals surface area contributed by atoms with Crippen molar-refractivity contribution in [2.75, 3.05) is 17.4 Å². The van der Waals surface area contributed by atoms with Gasteiger partial charge in [-0.3, -0.25) is 13.9 Å². The summed E-state index contributed by atoms with van der Waals surface area (Å²) in [5.41, 5.74) is 3.45. The highest BCUT2D eigenvalue weighted by atomic mass is 35.5. The van der Waals surface area contributed by atoms with Crippen LogP contribution in [0.2, 0.25) is 10.0 Å². The third-order valence-electron chi connectivity index (χ3n) is 7.42. The standard InChI is InChI=1S/C36H39Cl2N3O4S/c1-25(2)22-39-36(43)34(20-28-11-7-5-8-12-28)40(23-29-15-16-30(37)21-33(29)38)35(42)24-41(31-18-26(3)17-27(4)19-31)46(44,45)32-13-9-6-10-14-32/h5-19,21,25,34H,20,22-24H2,1-4H3,(H,39,43)/t34-/m1/s1. The second-order valence-corrected chi connectivity index (χ2v) is 14.5. The van der Waals surface area contributed by atoms with E-state index in [-0.39, 0.29) is 29.7 Å². The summed E-state index contributed by atoms with van der Waals surface area (Å²) in [5, 5.41) is 3.74. The van der Waals surface area contributed by atoms with Gasteiger partial charge < -0.3 is 10.2 Å². The fraction of sp³-hybridized carbons (Fsp3) is 0.278. The highest BCUT2D eigenvalue weighted by molar-refractivity contribution is 7.92. The van der Waals surface area contributed by atoms with E-state index >= 15 is 0 Å². The van der Waals surface area contributed by atoms with Crippen molar-refractivity contribution < 1.29 is 18.0 Å². The zero-order chi connectivity index (χ0) is 33.4. The Bertz CT molecular complexity index is 1750. The van der Waals surface area contributed by atoms with Crippen molar-refractivity contribution in [2.45, 2.75) is 51.6 Å². The molecular formula is C36H39Cl2N3O4S. The number of hydrogen-bond acceptors (Lipinski definition) is 4. The van der Waals surface area contributed by atoms with Gasteiger partial charge in [-0.15, -0.1) is 0 Å². The lowest BCUT2D eigenvalue weighted by Crippen LogP contribution is -2.53. The Morgan fingerprint density at radius 1 is 0.826 bits per heavy atom. The molecule has 1 N–H and O–H groups in total. The lowest BCUT2D eigenvalue weighted by Gasteiger charge is -2.34. The van der Waals surface area contributed by atoms with Crippen LogP contribution in [0.1, 0.15) is 36.1 Å². The maximum absolute atomic E-state index is 14.6. The summed E-state index contributed by atoms with van der Waals surface area (Å²) in [6, 6.07) is 26.8. The summed E-state index contributed by atoms with van der Waals surface area (Å²) in [6.45, 7) is 7.52. The SMILES string of the molecule is Cc1cc(C)cc(N(CC(=O)N(Cc2ccc(Cl)cc2Cl)[C@H](Cc2ccccc2)C(=O)NCC(C)C)S(=O)(=O)c2ccccc2)c1. The molecule has 0 unspecified atom stereocenters. The van der Waals surface area contributed by atoms with Crippen molar-refractivity contribution in [3.8, 4) is 0 Å². The monoisotopic (exact) mass is 679 g/mol. The third-order valence-corrected chi connectivity index (χ3v) is 9.79. The quantitative estimate of drug-likeness (QED) is 0.162. The molecule has 0 aliphatic heterocycles. The molecule has 0 aliphatic rings. The van der Waals surface area contributed by atoms with Crippen LogP contribution in [-0.4, -0.2) is 44.3 Å². The summed E-state index contributed by atoms with van der Waals surface area (Å²) in [7, 11) is -4.19. The largest absolute Gasteiger partial charge is 0.354 e. The van der Waals surface area contributed by atoms with Crippen molar-refractivity contribution in [1.82, 2.24) is 10.2 Å². The third kappa shape index (κ3) is 9.12. The van der Waals surface area contributed by atoms with Gasteiger partial charge in [-0.05, 0) is 78.4 Å². The van der Waals surface area contributed by atoms with E-state index in [0.717, 1.165) is 21.0 Å². The van der Waals surface area contributed by atoms with Crippen LogP contribution in [0.25, 0.3) is 0 Å². The average Bonchev–Trinajstić information content (AvgIpc) is 3.01. The Kier molecular flexibility index (Phi) is 11.9. The summed E-state index contributed by atoms with van der Waals surface area (Å²) >= 11 is 12.8. The molecule has 46 heavy (non-hydrogen) atoms. The van der Waals surface area contributed by atoms with E-state index in [1.165, 1.54) is 17.0 Å². The molecule has 10 heteroatoms. The Hall–Kier alpha value is -3.85. The number of anilines is 1. The molecule has 2 amide bonds. The second-order valence-electron chi connectivity index (χ2n) is 11.8. The van der Waals surface area contributed by atoms with Gasteiger partial charge in [-0.1, -0.05) is 97.7 Å². The molecule has 0 fully saturated rings. The van der Waals surface area contributed by atoms with Crippen LogP contribution in [0.15, 0.2) is 102 Å². The van der Waals surface area contributed by atoms with Gasteiger partial charge in [0.15, 0.2) is 0 Å². The molecule has 0 saturated heterocycles. The van der Waals surface area contributed by atoms with E-state index in [1.54, 1.807) is 48.5 Å². The van der Waals surface area contributed by atoms with Gasteiger partial charge in [0, 0.05) is 29.6 Å². The van der Waals surface area contributed by atoms with Crippen LogP contribution in [0.5, 0.6) is 0 Å². The van der Waals surface area contributed by atoms with E-state index in [2.05, 4.69) is 5.32 Å². The lowest BCUT2D eigenvalue weighted by molar-refractivity contribution is -0.140. The molecule has 4 aromatic rings. The summed E-state index contributed by atoms with van der Waals surface area (Å²) in [6.07, 6.45) is 0.205. The fourth-order valence-electron chi connectivity index (χ4n) is 5.15. The fourth-order valence-corrected chi connectivity index (χ4v) is 7.04. The van der Waals surface area contributed by atoms with Gasteiger partial charge in [-0.25, -0.2) is 8.42 Å². The smallest absolute Gasteiger partial charge is 0.264 e. The minimum atomic E-state index is -4.19. The lowest BCUT2D eigenvalue weighted by atomic mass is 10.0. The van der Waals surface area contributed by atoms with Gasteiger partial charge in [0.05, 0.1) is 10.6 Å². The van der Waals surface area contributed by atoms with Crippen LogP contribution in [0.4, 0.5) is 5.69 Å². The van der Waals surface area contributed by atoms with E-state index in [9.17, 15) is 18.0 Å². The van der Waals surface area contributed by atoms with Crippen molar-refractivity contribution in [3.05, 3.63) is 129 Å². The average molecular weight is 681 g/mol. The Morgan fingerprint density at radius 2 is 1.43 bits per heavy atom. The van der Waals surface area contributed by atoms with E-state index in [4.69, 9.17) is 23.2 Å². The number of hydrogen-bond donors (Lipinski definition) is 1. The number of amides is 2. The number of aryl methyl sites for hydroxylation is 2. The van der Waals surface area contributed by atoms with E-state index in [0.29, 0.717) is 27.8 Å². The molecular weight excluding hydrogens is 641 g/mol. The number of rotatable bonds is 13. The number of nitrogens with one attached hydrogen (secondary N) is 1. The predicted octanol–water partition coefficient (Wildman–Crippen LogP) is 7.22. The molecule has 0 bridgehead atoms. The van der Waals surface area contributed by atoms with E-state index < -0.39 is 28.5 Å². The van der Waals surface area contributed by atoms with Crippen LogP contribution in [0.3, 0.4) is 0 Å². The topological polar surface area (TPSA) is 86.8 Å². The van der Waals surface area contributed by atoms with Crippen LogP contribution < -0.4 is 9.62 Å². The van der Waals surface area contributed by atoms with Crippen molar-refractivity contribution in [3.63, 3.8) is 0 Å². The Balaban J connectivity index is 1.83. The Labute approximate surface area is 282 Å². The molecule has 7 nitrogen and oxygen atoms in total. The van der Waals surface area contributed by atoms with Crippen LogP contribution >= 0.6 is 23.2 Å². The number of carbonyl (C=O) groups excluding carboxylic acids is 2. The number of carbonyl (C=O) groups is 2. The van der Waals surface area contributed by atoms with Gasteiger partial charge >= 0.3 is 0 Å². The van der Waals surface area contributed by atoms with Gasteiger partial charge in [0.25, 0.3) is 10.0 Å². The first-order valence-electron chi connectivity index (χ1n) is 15.1. The van der Waals surface area contributed by atoms with Crippen LogP contribution in [-0.2, 0) is 32.6 Å². The van der Waals surface area contributed by atoms with E-state index in [1.807, 2.05) is 64.1 Å². The molecule has 4 rings (SSSR count). The highest BCUT2D eigenvalue weighted by Crippen LogP contribution is 2.28. The zero-order valence-electron chi connectivity index (χ0n) is 26.4. The van der Waals surface area contributed by atoms with Gasteiger partial charge in [-0.2, -0.15) is 0 Å². The van der Waals surface area contributed by atoms with Crippen LogP contribution in [0, 0.1) is 19.8 Å². The van der Waals surface area contributed by atoms with Crippen molar-refractivity contribution in [2.24, 2.45) is 5.92 Å². The first kappa shape index (κ1) is 35.0. The summed E-state index contributed by atoms with van der Waals surface area (Å²) in [5.74, 6) is -0.739. The number of sulfonamides is 1. The minimum Gasteiger partial charge on any atom is -0.354 e. The molecule has 0 radical (unpaired) electrons. The minimum absolute atomic E-state index is 0.0461. The summed E-state index contributed by atoms with van der Waals surface area (Å²) in [4.78, 5) is 30.0. The predicted molar refractivity (Wildman–Crippen MR) is 186 cm³/mol. The Morgan fingerprint density at radius 3 is 2.02 bits per heavy atom. The second kappa shape index (κ2) is 15.6. The molecule has 4 aromatic carbocycles. The van der Waals surface area contributed by atoms with Crippen molar-refractivity contribution >= 4 is 50.7 Å². The van der Waals surface area contributed by atoms with Gasteiger partial charge in [0.1, 0.15) is 12.6 Å². The molecule has 1 atom stereocenters. The molecule has 242 valence electrons. The first-order valence-corrected chi connectivity index (χ1v) is 17.3. The molecule has 0 spiro atoms. The maximum atomic E-state index is 14.6. The number of halogens is 2. The molecule has 0 saturated carbocycles. The highest BCUT2D eigenvalue weighted by Gasteiger charge is 2.35. The molecule has 0 aromatic heterocycles. The number of benzene rings is 4. The normalized spacial score (nSPS) is 12.1. The molecule has 0 heterocycles. The summed E-state index contributed by atoms with van der Waals surface area (Å²) < 4.78 is 29.5. The molecule has 0 aliphatic carbocycles.